The Morgan fingerprint density at radius 3 is 2.43 bits per heavy atom. The van der Waals surface area contributed by atoms with E-state index in [1.807, 2.05) is 0 Å². The predicted octanol–water partition coefficient (Wildman–Crippen LogP) is 1.73. The molecule has 76 valence electrons. The van der Waals surface area contributed by atoms with E-state index in [-0.39, 0.29) is 5.69 Å². The lowest BCUT2D eigenvalue weighted by molar-refractivity contribution is -0.656. The number of alkyl halides is 2. The number of rotatable bonds is 2. The highest BCUT2D eigenvalue weighted by molar-refractivity contribution is 5.41. The Labute approximate surface area is 76.3 Å². The number of nitrogen functional groups attached to an aromatic ring is 1. The van der Waals surface area contributed by atoms with Gasteiger partial charge in [0.15, 0.2) is 0 Å². The van der Waals surface area contributed by atoms with E-state index in [2.05, 4.69) is 0 Å². The van der Waals surface area contributed by atoms with E-state index in [1.54, 1.807) is 0 Å². The lowest BCUT2D eigenvalue weighted by atomic mass is 10.1. The van der Waals surface area contributed by atoms with Crippen molar-refractivity contribution in [2.75, 3.05) is 5.73 Å². The van der Waals surface area contributed by atoms with Gasteiger partial charge in [-0.2, -0.15) is 0 Å². The summed E-state index contributed by atoms with van der Waals surface area (Å²) >= 11 is 0. The van der Waals surface area contributed by atoms with Gasteiger partial charge in [-0.25, -0.2) is 4.39 Å². The Bertz CT molecular complexity index is 381. The van der Waals surface area contributed by atoms with Gasteiger partial charge < -0.3 is 5.73 Å². The standard InChI is InChI=1S/C7H5F3N2O2/c8-6-3-4(11)1-2-5(6)7(9,10)12(13)14/h1-3H,11H2. The average molecular weight is 206 g/mol. The second-order valence-electron chi connectivity index (χ2n) is 2.54. The quantitative estimate of drug-likeness (QED) is 0.346. The summed E-state index contributed by atoms with van der Waals surface area (Å²) in [7, 11) is 0. The summed E-state index contributed by atoms with van der Waals surface area (Å²) in [6, 6.07) is -2.27. The number of nitrogens with zero attached hydrogens (tertiary/aromatic N) is 1. The molecule has 0 heterocycles. The summed E-state index contributed by atoms with van der Waals surface area (Å²) in [6.07, 6.45) is 0. The van der Waals surface area contributed by atoms with Gasteiger partial charge in [0.2, 0.25) is 0 Å². The molecule has 1 aromatic rings. The van der Waals surface area contributed by atoms with Gasteiger partial charge in [-0.05, 0) is 18.2 Å². The zero-order valence-corrected chi connectivity index (χ0v) is 6.71. The van der Waals surface area contributed by atoms with E-state index in [1.165, 1.54) is 0 Å². The third kappa shape index (κ3) is 1.61. The van der Waals surface area contributed by atoms with Crippen molar-refractivity contribution in [3.63, 3.8) is 0 Å². The lowest BCUT2D eigenvalue weighted by Gasteiger charge is -2.08. The largest absolute Gasteiger partial charge is 0.542 e. The van der Waals surface area contributed by atoms with Gasteiger partial charge in [0.1, 0.15) is 16.3 Å². The van der Waals surface area contributed by atoms with Crippen LogP contribution in [-0.2, 0) is 6.05 Å². The number of hydrogen-bond donors (Lipinski definition) is 1. The Balaban J connectivity index is 3.26. The van der Waals surface area contributed by atoms with Crippen LogP contribution in [0.5, 0.6) is 0 Å². The topological polar surface area (TPSA) is 69.2 Å². The number of anilines is 1. The Morgan fingerprint density at radius 2 is 2.00 bits per heavy atom. The minimum atomic E-state index is -4.43. The van der Waals surface area contributed by atoms with Gasteiger partial charge in [-0.3, -0.25) is 10.1 Å². The number of nitrogens with two attached hydrogens (primary N) is 1. The summed E-state index contributed by atoms with van der Waals surface area (Å²) in [6.45, 7) is 0. The van der Waals surface area contributed by atoms with Gasteiger partial charge in [-0.15, -0.1) is 8.78 Å². The smallest absolute Gasteiger partial charge is 0.399 e. The maximum Gasteiger partial charge on any atom is 0.542 e. The number of halogens is 3. The molecule has 0 spiro atoms. The van der Waals surface area contributed by atoms with Crippen LogP contribution < -0.4 is 5.73 Å². The first kappa shape index (κ1) is 10.3. The lowest BCUT2D eigenvalue weighted by Crippen LogP contribution is -2.25. The molecule has 0 amide bonds. The zero-order valence-electron chi connectivity index (χ0n) is 6.71. The van der Waals surface area contributed by atoms with Crippen molar-refractivity contribution in [3.05, 3.63) is 39.7 Å². The fourth-order valence-corrected chi connectivity index (χ4v) is 0.874. The van der Waals surface area contributed by atoms with E-state index in [9.17, 15) is 23.3 Å². The summed E-state index contributed by atoms with van der Waals surface area (Å²) in [5.41, 5.74) is 3.72. The second-order valence-corrected chi connectivity index (χ2v) is 2.54. The first-order valence-corrected chi connectivity index (χ1v) is 3.43. The second kappa shape index (κ2) is 3.17. The molecule has 0 radical (unpaired) electrons. The molecule has 14 heavy (non-hydrogen) atoms. The molecule has 1 rings (SSSR count). The Kier molecular flexibility index (Phi) is 2.33. The van der Waals surface area contributed by atoms with Crippen molar-refractivity contribution in [3.8, 4) is 0 Å². The van der Waals surface area contributed by atoms with E-state index in [4.69, 9.17) is 5.73 Å². The third-order valence-corrected chi connectivity index (χ3v) is 1.55. The van der Waals surface area contributed by atoms with Crippen LogP contribution in [0.15, 0.2) is 18.2 Å². The molecule has 0 aliphatic rings. The van der Waals surface area contributed by atoms with E-state index in [0.29, 0.717) is 12.1 Å². The van der Waals surface area contributed by atoms with E-state index in [0.717, 1.165) is 6.07 Å². The summed E-state index contributed by atoms with van der Waals surface area (Å²) < 4.78 is 38.2. The molecule has 0 atom stereocenters. The number of benzene rings is 1. The van der Waals surface area contributed by atoms with Gasteiger partial charge in [0, 0.05) is 5.69 Å². The first-order chi connectivity index (χ1) is 6.35. The van der Waals surface area contributed by atoms with Crippen LogP contribution in [0, 0.1) is 15.9 Å². The van der Waals surface area contributed by atoms with Crippen molar-refractivity contribution in [2.24, 2.45) is 0 Å². The molecule has 0 unspecified atom stereocenters. The minimum Gasteiger partial charge on any atom is -0.399 e. The summed E-state index contributed by atoms with van der Waals surface area (Å²) in [4.78, 5) is 8.06. The highest BCUT2D eigenvalue weighted by Crippen LogP contribution is 2.31. The molecule has 0 bridgehead atoms. The third-order valence-electron chi connectivity index (χ3n) is 1.55. The summed E-state index contributed by atoms with van der Waals surface area (Å²) in [5.74, 6) is -1.40. The molecule has 0 saturated heterocycles. The highest BCUT2D eigenvalue weighted by atomic mass is 19.3. The van der Waals surface area contributed by atoms with Gasteiger partial charge in [-0.1, -0.05) is 0 Å². The normalized spacial score (nSPS) is 11.4. The monoisotopic (exact) mass is 206 g/mol. The van der Waals surface area contributed by atoms with Crippen LogP contribution in [0.25, 0.3) is 0 Å². The van der Waals surface area contributed by atoms with Crippen molar-refractivity contribution in [2.45, 2.75) is 6.05 Å². The van der Waals surface area contributed by atoms with Crippen molar-refractivity contribution in [1.29, 1.82) is 0 Å². The van der Waals surface area contributed by atoms with E-state index < -0.39 is 22.4 Å². The maximum absolute atomic E-state index is 12.8. The minimum absolute atomic E-state index is 0.0783. The van der Waals surface area contributed by atoms with Crippen LogP contribution >= 0.6 is 0 Å². The molecule has 2 N–H and O–H groups in total. The van der Waals surface area contributed by atoms with Crippen LogP contribution in [0.4, 0.5) is 18.9 Å². The van der Waals surface area contributed by atoms with Crippen molar-refractivity contribution >= 4 is 5.69 Å². The average Bonchev–Trinajstić information content (AvgIpc) is 2.02. The molecular weight excluding hydrogens is 201 g/mol. The van der Waals surface area contributed by atoms with Gasteiger partial charge in [0.05, 0.1) is 0 Å². The fraction of sp³-hybridized carbons (Fsp3) is 0.143. The molecule has 1 aromatic carbocycles. The molecule has 7 heteroatoms. The predicted molar refractivity (Wildman–Crippen MR) is 41.7 cm³/mol. The zero-order chi connectivity index (χ0) is 10.9. The van der Waals surface area contributed by atoms with Crippen LogP contribution in [0.2, 0.25) is 0 Å². The first-order valence-electron chi connectivity index (χ1n) is 3.43. The van der Waals surface area contributed by atoms with Gasteiger partial charge >= 0.3 is 6.05 Å². The maximum atomic E-state index is 12.8. The van der Waals surface area contributed by atoms with E-state index >= 15 is 0 Å². The molecule has 0 fully saturated rings. The Hall–Kier alpha value is -1.79. The molecule has 0 aliphatic heterocycles. The number of nitro groups is 1. The molecule has 0 aromatic heterocycles. The van der Waals surface area contributed by atoms with Crippen molar-refractivity contribution in [1.82, 2.24) is 0 Å². The molecule has 0 saturated carbocycles. The Morgan fingerprint density at radius 1 is 1.43 bits per heavy atom. The van der Waals surface area contributed by atoms with Crippen LogP contribution in [-0.4, -0.2) is 4.92 Å². The summed E-state index contributed by atoms with van der Waals surface area (Å²) in [5, 5.41) is 9.92. The van der Waals surface area contributed by atoms with Crippen molar-refractivity contribution < 1.29 is 18.1 Å². The highest BCUT2D eigenvalue weighted by Gasteiger charge is 2.48. The van der Waals surface area contributed by atoms with Crippen LogP contribution in [0.1, 0.15) is 5.56 Å². The SMILES string of the molecule is Nc1ccc(C(F)(F)[N+](=O)[O-])c(F)c1. The molecule has 4 nitrogen and oxygen atoms in total. The molecular formula is C7H5F3N2O2. The fourth-order valence-electron chi connectivity index (χ4n) is 0.874. The molecule has 0 aliphatic carbocycles. The van der Waals surface area contributed by atoms with Gasteiger partial charge in [0.25, 0.3) is 0 Å². The van der Waals surface area contributed by atoms with Crippen LogP contribution in [0.3, 0.4) is 0 Å². The number of hydrogen-bond acceptors (Lipinski definition) is 3.